The molecule has 0 atom stereocenters. The molecule has 0 amide bonds. The number of nitrogens with one attached hydrogen (secondary N) is 1. The summed E-state index contributed by atoms with van der Waals surface area (Å²) in [4.78, 5) is 15.3. The van der Waals surface area contributed by atoms with Crippen molar-refractivity contribution in [2.75, 3.05) is 19.0 Å². The van der Waals surface area contributed by atoms with Crippen LogP contribution in [0.3, 0.4) is 0 Å². The van der Waals surface area contributed by atoms with E-state index in [1.807, 2.05) is 60.3 Å². The monoisotopic (exact) mass is 429 g/mol. The molecule has 0 fully saturated rings. The van der Waals surface area contributed by atoms with Gasteiger partial charge in [-0.05, 0) is 42.3 Å². The third-order valence-corrected chi connectivity index (χ3v) is 5.02. The quantitative estimate of drug-likeness (QED) is 0.312. The van der Waals surface area contributed by atoms with Gasteiger partial charge < -0.3 is 10.1 Å². The molecule has 0 unspecified atom stereocenters. The maximum Gasteiger partial charge on any atom is 0.270 e. The predicted molar refractivity (Wildman–Crippen MR) is 124 cm³/mol. The number of ether oxygens (including phenoxy) is 1. The highest BCUT2D eigenvalue weighted by molar-refractivity contribution is 5.82. The first-order valence-electron chi connectivity index (χ1n) is 10.2. The summed E-state index contributed by atoms with van der Waals surface area (Å²) in [6.45, 7) is 3.32. The normalized spacial score (nSPS) is 10.7. The smallest absolute Gasteiger partial charge is 0.270 e. The summed E-state index contributed by atoms with van der Waals surface area (Å²) in [5, 5.41) is 19.3. The van der Waals surface area contributed by atoms with Crippen LogP contribution in [-0.2, 0) is 6.54 Å². The van der Waals surface area contributed by atoms with Gasteiger partial charge in [0.25, 0.3) is 5.69 Å². The summed E-state index contributed by atoms with van der Waals surface area (Å²) in [7, 11) is 1.64. The first-order chi connectivity index (χ1) is 15.6. The molecule has 8 heteroatoms. The second-order valence-electron chi connectivity index (χ2n) is 7.20. The minimum Gasteiger partial charge on any atom is -0.497 e. The van der Waals surface area contributed by atoms with Gasteiger partial charge in [0, 0.05) is 42.2 Å². The van der Waals surface area contributed by atoms with E-state index < -0.39 is 4.92 Å². The lowest BCUT2D eigenvalue weighted by Crippen LogP contribution is -2.00. The third kappa shape index (κ3) is 4.59. The van der Waals surface area contributed by atoms with E-state index in [-0.39, 0.29) is 5.69 Å². The van der Waals surface area contributed by atoms with Crippen LogP contribution in [0.2, 0.25) is 0 Å². The number of hydrogen-bond donors (Lipinski definition) is 1. The molecule has 2 heterocycles. The Hall–Kier alpha value is -4.20. The van der Waals surface area contributed by atoms with Gasteiger partial charge in [-0.2, -0.15) is 5.10 Å². The van der Waals surface area contributed by atoms with Crippen LogP contribution >= 0.6 is 0 Å². The van der Waals surface area contributed by atoms with Gasteiger partial charge in [-0.15, -0.1) is 0 Å². The molecule has 0 aliphatic carbocycles. The van der Waals surface area contributed by atoms with Gasteiger partial charge in [-0.1, -0.05) is 24.3 Å². The molecular formula is C24H23N5O3. The number of non-ortho nitro benzene ring substituents is 1. The molecule has 2 aromatic carbocycles. The molecule has 0 saturated heterocycles. The molecule has 0 spiro atoms. The highest BCUT2D eigenvalue weighted by Crippen LogP contribution is 2.33. The first-order valence-corrected chi connectivity index (χ1v) is 10.2. The SMILES string of the molecule is CCNc1cc(-c2cn(Cc3ccc(OC)cc3)nc2-c2cccc([N+](=O)[O-])c2)ccn1. The first kappa shape index (κ1) is 21.0. The van der Waals surface area contributed by atoms with Crippen LogP contribution in [0.1, 0.15) is 12.5 Å². The van der Waals surface area contributed by atoms with E-state index in [1.165, 1.54) is 6.07 Å². The number of methoxy groups -OCH3 is 1. The lowest BCUT2D eigenvalue weighted by atomic mass is 10.0. The van der Waals surface area contributed by atoms with Gasteiger partial charge in [-0.3, -0.25) is 14.8 Å². The predicted octanol–water partition coefficient (Wildman–Crippen LogP) is 5.01. The zero-order chi connectivity index (χ0) is 22.5. The summed E-state index contributed by atoms with van der Waals surface area (Å²) < 4.78 is 7.08. The molecule has 4 rings (SSSR count). The fraction of sp³-hybridized carbons (Fsp3) is 0.167. The van der Waals surface area contributed by atoms with Crippen LogP contribution in [0.25, 0.3) is 22.4 Å². The van der Waals surface area contributed by atoms with Crippen molar-refractivity contribution in [2.24, 2.45) is 0 Å². The third-order valence-electron chi connectivity index (χ3n) is 5.02. The van der Waals surface area contributed by atoms with Crippen LogP contribution in [0.15, 0.2) is 73.1 Å². The molecule has 8 nitrogen and oxygen atoms in total. The number of benzene rings is 2. The highest BCUT2D eigenvalue weighted by Gasteiger charge is 2.17. The van der Waals surface area contributed by atoms with E-state index in [4.69, 9.17) is 9.84 Å². The van der Waals surface area contributed by atoms with Gasteiger partial charge in [0.15, 0.2) is 0 Å². The molecule has 4 aromatic rings. The molecule has 162 valence electrons. The highest BCUT2D eigenvalue weighted by atomic mass is 16.6. The molecule has 1 N–H and O–H groups in total. The summed E-state index contributed by atoms with van der Waals surface area (Å²) in [6, 6.07) is 18.2. The molecule has 0 bridgehead atoms. The average molecular weight is 429 g/mol. The molecular weight excluding hydrogens is 406 g/mol. The van der Waals surface area contributed by atoms with Crippen LogP contribution < -0.4 is 10.1 Å². The summed E-state index contributed by atoms with van der Waals surface area (Å²) in [5.41, 5.74) is 4.26. The van der Waals surface area contributed by atoms with E-state index in [2.05, 4.69) is 10.3 Å². The Balaban J connectivity index is 1.78. The van der Waals surface area contributed by atoms with Gasteiger partial charge in [0.05, 0.1) is 18.6 Å². The van der Waals surface area contributed by atoms with Crippen LogP contribution in [0, 0.1) is 10.1 Å². The Labute approximate surface area is 185 Å². The van der Waals surface area contributed by atoms with Crippen LogP contribution in [-0.4, -0.2) is 33.3 Å². The number of anilines is 1. The Morgan fingerprint density at radius 2 is 1.91 bits per heavy atom. The standard InChI is InChI=1S/C24H23N5O3/c1-3-25-23-14-18(11-12-26-23)22-16-28(15-17-7-9-21(32-2)10-8-17)27-24(22)19-5-4-6-20(13-19)29(30)31/h4-14,16H,3,15H2,1-2H3,(H,25,26). The maximum absolute atomic E-state index is 11.3. The van der Waals surface area contributed by atoms with Crippen molar-refractivity contribution in [2.45, 2.75) is 13.5 Å². The van der Waals surface area contributed by atoms with E-state index in [9.17, 15) is 10.1 Å². The summed E-state index contributed by atoms with van der Waals surface area (Å²) >= 11 is 0. The molecule has 32 heavy (non-hydrogen) atoms. The summed E-state index contributed by atoms with van der Waals surface area (Å²) in [5.74, 6) is 1.55. The fourth-order valence-corrected chi connectivity index (χ4v) is 3.49. The number of nitrogens with zero attached hydrogens (tertiary/aromatic N) is 4. The minimum atomic E-state index is -0.396. The maximum atomic E-state index is 11.3. The Morgan fingerprint density at radius 3 is 2.62 bits per heavy atom. The zero-order valence-corrected chi connectivity index (χ0v) is 17.9. The topological polar surface area (TPSA) is 95.1 Å². The van der Waals surface area contributed by atoms with Crippen molar-refractivity contribution in [1.82, 2.24) is 14.8 Å². The number of hydrogen-bond acceptors (Lipinski definition) is 6. The van der Waals surface area contributed by atoms with Gasteiger partial charge >= 0.3 is 0 Å². The van der Waals surface area contributed by atoms with E-state index in [1.54, 1.807) is 25.4 Å². The second-order valence-corrected chi connectivity index (χ2v) is 7.20. The number of pyridine rings is 1. The Kier molecular flexibility index (Phi) is 6.12. The molecule has 0 radical (unpaired) electrons. The average Bonchev–Trinajstić information content (AvgIpc) is 3.24. The van der Waals surface area contributed by atoms with Crippen molar-refractivity contribution in [3.8, 4) is 28.1 Å². The van der Waals surface area contributed by atoms with Crippen molar-refractivity contribution in [3.05, 3.63) is 88.7 Å². The van der Waals surface area contributed by atoms with E-state index in [0.29, 0.717) is 17.8 Å². The zero-order valence-electron chi connectivity index (χ0n) is 17.9. The molecule has 0 aliphatic rings. The van der Waals surface area contributed by atoms with Crippen molar-refractivity contribution in [1.29, 1.82) is 0 Å². The van der Waals surface area contributed by atoms with Crippen LogP contribution in [0.4, 0.5) is 11.5 Å². The van der Waals surface area contributed by atoms with Gasteiger partial charge in [0.1, 0.15) is 17.3 Å². The Morgan fingerprint density at radius 1 is 1.09 bits per heavy atom. The molecule has 0 saturated carbocycles. The second kappa shape index (κ2) is 9.30. The molecule has 2 aromatic heterocycles. The van der Waals surface area contributed by atoms with Crippen molar-refractivity contribution >= 4 is 11.5 Å². The van der Waals surface area contributed by atoms with Gasteiger partial charge in [-0.25, -0.2) is 4.98 Å². The van der Waals surface area contributed by atoms with Crippen molar-refractivity contribution in [3.63, 3.8) is 0 Å². The van der Waals surface area contributed by atoms with E-state index >= 15 is 0 Å². The van der Waals surface area contributed by atoms with Gasteiger partial charge in [0.2, 0.25) is 0 Å². The fourth-order valence-electron chi connectivity index (χ4n) is 3.49. The Bertz CT molecular complexity index is 1230. The number of nitro groups is 1. The van der Waals surface area contributed by atoms with Crippen LogP contribution in [0.5, 0.6) is 5.75 Å². The number of rotatable bonds is 8. The lowest BCUT2D eigenvalue weighted by Gasteiger charge is -2.06. The lowest BCUT2D eigenvalue weighted by molar-refractivity contribution is -0.384. The van der Waals surface area contributed by atoms with Crippen molar-refractivity contribution < 1.29 is 9.66 Å². The largest absolute Gasteiger partial charge is 0.497 e. The number of aromatic nitrogens is 3. The minimum absolute atomic E-state index is 0.0289. The van der Waals surface area contributed by atoms with E-state index in [0.717, 1.165) is 34.8 Å². The number of nitro benzene ring substituents is 1. The molecule has 0 aliphatic heterocycles. The summed E-state index contributed by atoms with van der Waals surface area (Å²) in [6.07, 6.45) is 3.70.